The van der Waals surface area contributed by atoms with E-state index in [0.717, 1.165) is 24.5 Å². The molecule has 1 aliphatic rings. The Morgan fingerprint density at radius 2 is 2.09 bits per heavy atom. The van der Waals surface area contributed by atoms with Crippen LogP contribution in [0.1, 0.15) is 25.8 Å². The van der Waals surface area contributed by atoms with Gasteiger partial charge in [0.15, 0.2) is 0 Å². The molecule has 0 atom stereocenters. The lowest BCUT2D eigenvalue weighted by molar-refractivity contribution is -0.121. The fourth-order valence-electron chi connectivity index (χ4n) is 2.54. The molecule has 1 fully saturated rings. The SMILES string of the molecule is CCN(CC)c1ccc(CNC(=O)CN2CCCS2(=O)=O)cn1. The van der Waals surface area contributed by atoms with Crippen molar-refractivity contribution in [2.45, 2.75) is 26.8 Å². The van der Waals surface area contributed by atoms with E-state index in [0.29, 0.717) is 19.5 Å². The van der Waals surface area contributed by atoms with Gasteiger partial charge in [0.25, 0.3) is 0 Å². The Morgan fingerprint density at radius 1 is 1.35 bits per heavy atom. The molecular weight excluding hydrogens is 316 g/mol. The molecule has 23 heavy (non-hydrogen) atoms. The zero-order valence-corrected chi connectivity index (χ0v) is 14.5. The van der Waals surface area contributed by atoms with Gasteiger partial charge < -0.3 is 10.2 Å². The summed E-state index contributed by atoms with van der Waals surface area (Å²) in [6, 6.07) is 3.85. The number of sulfonamides is 1. The zero-order chi connectivity index (χ0) is 16.9. The van der Waals surface area contributed by atoms with Crippen LogP contribution in [0.3, 0.4) is 0 Å². The molecular formula is C15H24N4O3S. The van der Waals surface area contributed by atoms with Crippen molar-refractivity contribution in [1.82, 2.24) is 14.6 Å². The van der Waals surface area contributed by atoms with E-state index in [1.165, 1.54) is 4.31 Å². The van der Waals surface area contributed by atoms with Crippen LogP contribution in [-0.4, -0.2) is 55.5 Å². The third-order valence-corrected chi connectivity index (χ3v) is 5.81. The fraction of sp³-hybridized carbons (Fsp3) is 0.600. The Kier molecular flexibility index (Phi) is 5.95. The van der Waals surface area contributed by atoms with E-state index in [9.17, 15) is 13.2 Å². The fourth-order valence-corrected chi connectivity index (χ4v) is 4.01. The van der Waals surface area contributed by atoms with Gasteiger partial charge in [-0.05, 0) is 31.9 Å². The minimum absolute atomic E-state index is 0.104. The standard InChI is InChI=1S/C15H24N4O3S/c1-3-18(4-2)14-7-6-13(10-16-14)11-17-15(20)12-19-8-5-9-23(19,21)22/h6-7,10H,3-5,8-9,11-12H2,1-2H3,(H,17,20). The van der Waals surface area contributed by atoms with Crippen molar-refractivity contribution >= 4 is 21.7 Å². The Labute approximate surface area is 137 Å². The summed E-state index contributed by atoms with van der Waals surface area (Å²) < 4.78 is 24.6. The predicted octanol–water partition coefficient (Wildman–Crippen LogP) is 0.580. The van der Waals surface area contributed by atoms with Crippen LogP contribution in [-0.2, 0) is 21.4 Å². The molecule has 0 saturated carbocycles. The van der Waals surface area contributed by atoms with Crippen LogP contribution in [0.15, 0.2) is 18.3 Å². The molecule has 1 aromatic heterocycles. The second-order valence-corrected chi connectivity index (χ2v) is 7.57. The van der Waals surface area contributed by atoms with Crippen LogP contribution in [0.2, 0.25) is 0 Å². The highest BCUT2D eigenvalue weighted by Gasteiger charge is 2.29. The largest absolute Gasteiger partial charge is 0.357 e. The number of hydrogen-bond acceptors (Lipinski definition) is 5. The molecule has 2 heterocycles. The Balaban J connectivity index is 1.85. The maximum atomic E-state index is 11.9. The second-order valence-electron chi connectivity index (χ2n) is 5.48. The van der Waals surface area contributed by atoms with Crippen molar-refractivity contribution in [3.8, 4) is 0 Å². The van der Waals surface area contributed by atoms with Gasteiger partial charge in [0.2, 0.25) is 15.9 Å². The van der Waals surface area contributed by atoms with Gasteiger partial charge in [-0.25, -0.2) is 13.4 Å². The number of anilines is 1. The van der Waals surface area contributed by atoms with Gasteiger partial charge in [-0.1, -0.05) is 6.07 Å². The summed E-state index contributed by atoms with van der Waals surface area (Å²) in [5, 5.41) is 2.74. The number of nitrogens with zero attached hydrogens (tertiary/aromatic N) is 3. The van der Waals surface area contributed by atoms with Crippen molar-refractivity contribution in [2.24, 2.45) is 0 Å². The zero-order valence-electron chi connectivity index (χ0n) is 13.7. The Morgan fingerprint density at radius 3 is 2.61 bits per heavy atom. The molecule has 0 unspecified atom stereocenters. The lowest BCUT2D eigenvalue weighted by Crippen LogP contribution is -2.37. The monoisotopic (exact) mass is 340 g/mol. The third-order valence-electron chi connectivity index (χ3n) is 3.91. The number of pyridine rings is 1. The molecule has 1 N–H and O–H groups in total. The van der Waals surface area contributed by atoms with Gasteiger partial charge in [-0.3, -0.25) is 4.79 Å². The van der Waals surface area contributed by atoms with Gasteiger partial charge in [0.05, 0.1) is 12.3 Å². The molecule has 1 aromatic rings. The van der Waals surface area contributed by atoms with Gasteiger partial charge in [-0.15, -0.1) is 0 Å². The first-order valence-corrected chi connectivity index (χ1v) is 9.51. The third kappa shape index (κ3) is 4.65. The molecule has 0 bridgehead atoms. The normalized spacial score (nSPS) is 17.1. The molecule has 0 aromatic carbocycles. The first-order valence-electron chi connectivity index (χ1n) is 7.90. The minimum Gasteiger partial charge on any atom is -0.357 e. The predicted molar refractivity (Wildman–Crippen MR) is 89.6 cm³/mol. The van der Waals surface area contributed by atoms with Gasteiger partial charge >= 0.3 is 0 Å². The molecule has 128 valence electrons. The molecule has 7 nitrogen and oxygen atoms in total. The number of carbonyl (C=O) groups is 1. The van der Waals surface area contributed by atoms with Crippen molar-refractivity contribution in [1.29, 1.82) is 0 Å². The molecule has 1 amide bonds. The number of amides is 1. The van der Waals surface area contributed by atoms with Crippen molar-refractivity contribution in [3.63, 3.8) is 0 Å². The maximum Gasteiger partial charge on any atom is 0.235 e. The van der Waals surface area contributed by atoms with Gasteiger partial charge in [0, 0.05) is 32.4 Å². The van der Waals surface area contributed by atoms with Gasteiger partial charge in [-0.2, -0.15) is 4.31 Å². The van der Waals surface area contributed by atoms with E-state index in [2.05, 4.69) is 29.0 Å². The number of hydrogen-bond donors (Lipinski definition) is 1. The summed E-state index contributed by atoms with van der Waals surface area (Å²) in [5.41, 5.74) is 0.888. The summed E-state index contributed by atoms with van der Waals surface area (Å²) in [7, 11) is -3.23. The molecule has 1 aliphatic heterocycles. The summed E-state index contributed by atoms with van der Waals surface area (Å²) in [4.78, 5) is 18.4. The lowest BCUT2D eigenvalue weighted by Gasteiger charge is -2.19. The summed E-state index contributed by atoms with van der Waals surface area (Å²) in [6.07, 6.45) is 2.33. The average Bonchev–Trinajstić information content (AvgIpc) is 2.86. The van der Waals surface area contributed by atoms with E-state index in [4.69, 9.17) is 0 Å². The van der Waals surface area contributed by atoms with E-state index in [-0.39, 0.29) is 18.2 Å². The van der Waals surface area contributed by atoms with Crippen LogP contribution >= 0.6 is 0 Å². The van der Waals surface area contributed by atoms with Crippen molar-refractivity contribution < 1.29 is 13.2 Å². The van der Waals surface area contributed by atoms with E-state index >= 15 is 0 Å². The number of rotatable bonds is 7. The Bertz CT molecular complexity index is 627. The molecule has 2 rings (SSSR count). The smallest absolute Gasteiger partial charge is 0.235 e. The van der Waals surface area contributed by atoms with Gasteiger partial charge in [0.1, 0.15) is 5.82 Å². The van der Waals surface area contributed by atoms with Crippen LogP contribution in [0, 0.1) is 0 Å². The average molecular weight is 340 g/mol. The molecule has 0 spiro atoms. The highest BCUT2D eigenvalue weighted by atomic mass is 32.2. The summed E-state index contributed by atoms with van der Waals surface area (Å²) in [6.45, 7) is 6.60. The van der Waals surface area contributed by atoms with E-state index in [1.54, 1.807) is 6.20 Å². The highest BCUT2D eigenvalue weighted by molar-refractivity contribution is 7.89. The van der Waals surface area contributed by atoms with Crippen molar-refractivity contribution in [3.05, 3.63) is 23.9 Å². The number of aromatic nitrogens is 1. The van der Waals surface area contributed by atoms with Crippen LogP contribution in [0.25, 0.3) is 0 Å². The number of carbonyl (C=O) groups excluding carboxylic acids is 1. The summed E-state index contributed by atoms with van der Waals surface area (Å²) in [5.74, 6) is 0.758. The van der Waals surface area contributed by atoms with Crippen molar-refractivity contribution in [2.75, 3.05) is 36.8 Å². The number of nitrogens with one attached hydrogen (secondary N) is 1. The van der Waals surface area contributed by atoms with E-state index < -0.39 is 10.0 Å². The molecule has 0 radical (unpaired) electrons. The molecule has 0 aliphatic carbocycles. The van der Waals surface area contributed by atoms with Crippen LogP contribution in [0.5, 0.6) is 0 Å². The highest BCUT2D eigenvalue weighted by Crippen LogP contribution is 2.13. The van der Waals surface area contributed by atoms with Crippen LogP contribution < -0.4 is 10.2 Å². The summed E-state index contributed by atoms with van der Waals surface area (Å²) >= 11 is 0. The minimum atomic E-state index is -3.23. The Hall–Kier alpha value is -1.67. The quantitative estimate of drug-likeness (QED) is 0.785. The lowest BCUT2D eigenvalue weighted by atomic mass is 10.2. The topological polar surface area (TPSA) is 82.6 Å². The maximum absolute atomic E-state index is 11.9. The van der Waals surface area contributed by atoms with Crippen LogP contribution in [0.4, 0.5) is 5.82 Å². The first-order chi connectivity index (χ1) is 11.0. The second kappa shape index (κ2) is 7.74. The first kappa shape index (κ1) is 17.7. The molecule has 8 heteroatoms. The van der Waals surface area contributed by atoms with E-state index in [1.807, 2.05) is 12.1 Å². The molecule has 1 saturated heterocycles.